The molecule has 0 atom stereocenters. The van der Waals surface area contributed by atoms with Gasteiger partial charge in [0.15, 0.2) is 0 Å². The number of amides is 1. The van der Waals surface area contributed by atoms with Gasteiger partial charge in [-0.1, -0.05) is 18.2 Å². The topological polar surface area (TPSA) is 49.3 Å². The van der Waals surface area contributed by atoms with Crippen molar-refractivity contribution >= 4 is 11.6 Å². The van der Waals surface area contributed by atoms with Crippen molar-refractivity contribution in [3.8, 4) is 5.75 Å². The van der Waals surface area contributed by atoms with Crippen molar-refractivity contribution in [3.63, 3.8) is 0 Å². The monoisotopic (exact) mass is 295 g/mol. The molecule has 0 aliphatic rings. The van der Waals surface area contributed by atoms with Gasteiger partial charge in [-0.25, -0.2) is 0 Å². The maximum absolute atomic E-state index is 12.6. The van der Waals surface area contributed by atoms with Crippen LogP contribution in [0.25, 0.3) is 0 Å². The van der Waals surface area contributed by atoms with Gasteiger partial charge in [-0.3, -0.25) is 4.79 Å². The number of rotatable bonds is 3. The lowest BCUT2D eigenvalue weighted by Gasteiger charge is -2.10. The molecule has 2 N–H and O–H groups in total. The van der Waals surface area contributed by atoms with Gasteiger partial charge in [0.2, 0.25) is 5.91 Å². The van der Waals surface area contributed by atoms with Gasteiger partial charge in [0.05, 0.1) is 12.0 Å². The zero-order chi connectivity index (χ0) is 15.5. The number of carbonyl (C=O) groups is 1. The normalized spacial score (nSPS) is 11.2. The molecule has 2 aromatic carbocycles. The predicted molar refractivity (Wildman–Crippen MR) is 71.9 cm³/mol. The minimum atomic E-state index is -4.45. The zero-order valence-corrected chi connectivity index (χ0v) is 10.8. The molecule has 0 unspecified atom stereocenters. The molecule has 0 fully saturated rings. The number of hydrogen-bond donors (Lipinski definition) is 2. The van der Waals surface area contributed by atoms with Crippen LogP contribution in [0.5, 0.6) is 5.75 Å². The quantitative estimate of drug-likeness (QED) is 0.909. The van der Waals surface area contributed by atoms with Crippen LogP contribution in [0.2, 0.25) is 0 Å². The van der Waals surface area contributed by atoms with E-state index in [-0.39, 0.29) is 17.9 Å². The lowest BCUT2D eigenvalue weighted by atomic mass is 10.1. The predicted octanol–water partition coefficient (Wildman–Crippen LogP) is 3.59. The maximum Gasteiger partial charge on any atom is 0.416 e. The lowest BCUT2D eigenvalue weighted by molar-refractivity contribution is -0.137. The minimum Gasteiger partial charge on any atom is -0.508 e. The molecule has 0 heterocycles. The van der Waals surface area contributed by atoms with Crippen LogP contribution < -0.4 is 5.32 Å². The van der Waals surface area contributed by atoms with Gasteiger partial charge < -0.3 is 10.4 Å². The summed E-state index contributed by atoms with van der Waals surface area (Å²) >= 11 is 0. The third-order valence-electron chi connectivity index (χ3n) is 2.75. The standard InChI is InChI=1S/C15H12F3NO2/c16-15(17,18)11-4-2-5-12(9-11)19-14(21)8-10-3-1-6-13(20)7-10/h1-7,9,20H,8H2,(H,19,21). The third-order valence-corrected chi connectivity index (χ3v) is 2.75. The SMILES string of the molecule is O=C(Cc1cccc(O)c1)Nc1cccc(C(F)(F)F)c1. The summed E-state index contributed by atoms with van der Waals surface area (Å²) in [6, 6.07) is 10.5. The number of halogens is 3. The fourth-order valence-electron chi connectivity index (χ4n) is 1.83. The first-order valence-corrected chi connectivity index (χ1v) is 6.09. The number of aromatic hydroxyl groups is 1. The molecule has 0 bridgehead atoms. The molecular formula is C15H12F3NO2. The van der Waals surface area contributed by atoms with Gasteiger partial charge in [-0.15, -0.1) is 0 Å². The van der Waals surface area contributed by atoms with Gasteiger partial charge in [0, 0.05) is 5.69 Å². The molecule has 0 saturated carbocycles. The van der Waals surface area contributed by atoms with E-state index < -0.39 is 17.6 Å². The highest BCUT2D eigenvalue weighted by molar-refractivity contribution is 5.92. The highest BCUT2D eigenvalue weighted by Crippen LogP contribution is 2.30. The summed E-state index contributed by atoms with van der Waals surface area (Å²) in [6.07, 6.45) is -4.49. The molecule has 21 heavy (non-hydrogen) atoms. The molecule has 0 aliphatic heterocycles. The molecule has 0 spiro atoms. The molecule has 110 valence electrons. The van der Waals surface area contributed by atoms with Crippen LogP contribution in [0.15, 0.2) is 48.5 Å². The van der Waals surface area contributed by atoms with Gasteiger partial charge in [0.25, 0.3) is 0 Å². The van der Waals surface area contributed by atoms with Crippen LogP contribution in [-0.4, -0.2) is 11.0 Å². The maximum atomic E-state index is 12.6. The van der Waals surface area contributed by atoms with Crippen LogP contribution >= 0.6 is 0 Å². The first kappa shape index (κ1) is 14.9. The summed E-state index contributed by atoms with van der Waals surface area (Å²) in [7, 11) is 0. The Morgan fingerprint density at radius 3 is 2.48 bits per heavy atom. The van der Waals surface area contributed by atoms with Crippen LogP contribution in [0.1, 0.15) is 11.1 Å². The summed E-state index contributed by atoms with van der Waals surface area (Å²) in [6.45, 7) is 0. The van der Waals surface area contributed by atoms with E-state index in [9.17, 15) is 23.1 Å². The first-order valence-electron chi connectivity index (χ1n) is 6.09. The molecule has 6 heteroatoms. The molecule has 2 aromatic rings. The number of carbonyl (C=O) groups excluding carboxylic acids is 1. The number of alkyl halides is 3. The van der Waals surface area contributed by atoms with Crippen LogP contribution in [0, 0.1) is 0 Å². The Morgan fingerprint density at radius 2 is 1.81 bits per heavy atom. The highest BCUT2D eigenvalue weighted by Gasteiger charge is 2.30. The van der Waals surface area contributed by atoms with E-state index in [2.05, 4.69) is 5.32 Å². The van der Waals surface area contributed by atoms with Gasteiger partial charge >= 0.3 is 6.18 Å². The Hall–Kier alpha value is -2.50. The zero-order valence-electron chi connectivity index (χ0n) is 10.8. The fraction of sp³-hybridized carbons (Fsp3) is 0.133. The molecular weight excluding hydrogens is 283 g/mol. The number of anilines is 1. The van der Waals surface area contributed by atoms with Gasteiger partial charge in [0.1, 0.15) is 5.75 Å². The summed E-state index contributed by atoms with van der Waals surface area (Å²) in [4.78, 5) is 11.8. The largest absolute Gasteiger partial charge is 0.508 e. The Labute approximate surface area is 119 Å². The van der Waals surface area contributed by atoms with E-state index in [1.54, 1.807) is 12.1 Å². The van der Waals surface area contributed by atoms with Crippen molar-refractivity contribution in [1.82, 2.24) is 0 Å². The summed E-state index contributed by atoms with van der Waals surface area (Å²) < 4.78 is 37.7. The minimum absolute atomic E-state index is 0.0272. The number of hydrogen-bond acceptors (Lipinski definition) is 2. The van der Waals surface area contributed by atoms with Crippen LogP contribution in [-0.2, 0) is 17.4 Å². The van der Waals surface area contributed by atoms with Crippen LogP contribution in [0.4, 0.5) is 18.9 Å². The smallest absolute Gasteiger partial charge is 0.416 e. The Bertz CT molecular complexity index is 653. The average Bonchev–Trinajstić information content (AvgIpc) is 2.37. The molecule has 0 saturated heterocycles. The van der Waals surface area contributed by atoms with E-state index in [1.807, 2.05) is 0 Å². The van der Waals surface area contributed by atoms with Crippen molar-refractivity contribution < 1.29 is 23.1 Å². The van der Waals surface area contributed by atoms with E-state index in [0.29, 0.717) is 5.56 Å². The second-order valence-electron chi connectivity index (χ2n) is 4.47. The van der Waals surface area contributed by atoms with E-state index >= 15 is 0 Å². The summed E-state index contributed by atoms with van der Waals surface area (Å²) in [5.74, 6) is -0.431. The first-order chi connectivity index (χ1) is 9.84. The molecule has 2 rings (SSSR count). The fourth-order valence-corrected chi connectivity index (χ4v) is 1.83. The number of nitrogens with one attached hydrogen (secondary N) is 1. The Balaban J connectivity index is 2.06. The number of phenols is 1. The highest BCUT2D eigenvalue weighted by atomic mass is 19.4. The Morgan fingerprint density at radius 1 is 1.10 bits per heavy atom. The molecule has 3 nitrogen and oxygen atoms in total. The van der Waals surface area contributed by atoms with Crippen molar-refractivity contribution in [1.29, 1.82) is 0 Å². The average molecular weight is 295 g/mol. The number of phenolic OH excluding ortho intramolecular Hbond substituents is 1. The second-order valence-corrected chi connectivity index (χ2v) is 4.47. The molecule has 1 amide bonds. The van der Waals surface area contributed by atoms with Crippen molar-refractivity contribution in [2.75, 3.05) is 5.32 Å². The lowest BCUT2D eigenvalue weighted by Crippen LogP contribution is -2.15. The van der Waals surface area contributed by atoms with E-state index in [0.717, 1.165) is 12.1 Å². The van der Waals surface area contributed by atoms with Crippen molar-refractivity contribution in [3.05, 3.63) is 59.7 Å². The summed E-state index contributed by atoms with van der Waals surface area (Å²) in [5.41, 5.74) is -0.174. The van der Waals surface area contributed by atoms with Crippen LogP contribution in [0.3, 0.4) is 0 Å². The molecule has 0 radical (unpaired) electrons. The molecule has 0 aromatic heterocycles. The van der Waals surface area contributed by atoms with E-state index in [1.165, 1.54) is 24.3 Å². The Kier molecular flexibility index (Phi) is 4.16. The number of benzene rings is 2. The van der Waals surface area contributed by atoms with Crippen molar-refractivity contribution in [2.45, 2.75) is 12.6 Å². The molecule has 0 aliphatic carbocycles. The van der Waals surface area contributed by atoms with E-state index in [4.69, 9.17) is 0 Å². The van der Waals surface area contributed by atoms with Gasteiger partial charge in [-0.05, 0) is 35.9 Å². The second kappa shape index (κ2) is 5.87. The summed E-state index contributed by atoms with van der Waals surface area (Å²) in [5, 5.41) is 11.7. The van der Waals surface area contributed by atoms with Gasteiger partial charge in [-0.2, -0.15) is 13.2 Å². The van der Waals surface area contributed by atoms with Crippen molar-refractivity contribution in [2.24, 2.45) is 0 Å². The third kappa shape index (κ3) is 4.24.